The number of aromatic nitrogens is 3. The number of fused-ring (bicyclic) bond motifs is 4. The van der Waals surface area contributed by atoms with Crippen molar-refractivity contribution in [2.24, 2.45) is 0 Å². The molecule has 3 aromatic heterocycles. The van der Waals surface area contributed by atoms with Gasteiger partial charge in [0.2, 0.25) is 0 Å². The van der Waals surface area contributed by atoms with Crippen LogP contribution in [0.5, 0.6) is 0 Å². The smallest absolute Gasteiger partial charge is 0.164 e. The summed E-state index contributed by atoms with van der Waals surface area (Å²) in [5.74, 6) is 0.693. The second-order valence-electron chi connectivity index (χ2n) is 10.8. The van der Waals surface area contributed by atoms with Gasteiger partial charge in [0.15, 0.2) is 17.5 Å². The van der Waals surface area contributed by atoms with Crippen molar-refractivity contribution in [3.63, 3.8) is 0 Å². The highest BCUT2D eigenvalue weighted by Gasteiger charge is 2.17. The minimum absolute atomic E-state index is 0.0202. The van der Waals surface area contributed by atoms with Gasteiger partial charge in [-0.25, -0.2) is 15.0 Å². The number of hydrogen-bond acceptors (Lipinski definition) is 5. The lowest BCUT2D eigenvalue weighted by atomic mass is 9.99. The largest absolute Gasteiger partial charge is 0.456 e. The van der Waals surface area contributed by atoms with Crippen molar-refractivity contribution in [1.82, 2.24) is 15.0 Å². The van der Waals surface area contributed by atoms with E-state index in [1.807, 2.05) is 72.8 Å². The summed E-state index contributed by atoms with van der Waals surface area (Å²) in [4.78, 5) is 14.4. The van der Waals surface area contributed by atoms with Crippen LogP contribution in [0.2, 0.25) is 0 Å². The van der Waals surface area contributed by atoms with E-state index in [-0.39, 0.29) is 69.6 Å². The first kappa shape index (κ1) is 20.9. The molecule has 0 aliphatic carbocycles. The highest BCUT2D eigenvalue weighted by atomic mass is 32.1. The van der Waals surface area contributed by atoms with Gasteiger partial charge in [0.25, 0.3) is 0 Å². The van der Waals surface area contributed by atoms with E-state index in [2.05, 4.69) is 17.5 Å². The van der Waals surface area contributed by atoms with Crippen LogP contribution in [0.1, 0.15) is 8.22 Å². The number of benzene rings is 6. The summed E-state index contributed by atoms with van der Waals surface area (Å²) in [7, 11) is 0. The van der Waals surface area contributed by atoms with Gasteiger partial charge in [-0.3, -0.25) is 0 Å². The Kier molecular flexibility index (Phi) is 4.97. The van der Waals surface area contributed by atoms with Crippen molar-refractivity contribution in [2.45, 2.75) is 0 Å². The van der Waals surface area contributed by atoms with Crippen LogP contribution in [0.4, 0.5) is 0 Å². The van der Waals surface area contributed by atoms with E-state index in [1.165, 1.54) is 10.1 Å². The Morgan fingerprint density at radius 2 is 1.11 bits per heavy atom. The van der Waals surface area contributed by atoms with Crippen LogP contribution in [-0.4, -0.2) is 15.0 Å². The highest BCUT2D eigenvalue weighted by molar-refractivity contribution is 7.17. The van der Waals surface area contributed by atoms with Crippen LogP contribution in [0, 0.1) is 0 Å². The molecule has 0 fully saturated rings. The summed E-state index contributed by atoms with van der Waals surface area (Å²) in [5.41, 5.74) is 4.41. The lowest BCUT2D eigenvalue weighted by Gasteiger charge is -2.09. The molecule has 0 unspecified atom stereocenters. The van der Waals surface area contributed by atoms with E-state index in [0.717, 1.165) is 11.1 Å². The second-order valence-corrected chi connectivity index (χ2v) is 11.7. The maximum absolute atomic E-state index is 9.37. The summed E-state index contributed by atoms with van der Waals surface area (Å²) in [6, 6.07) is 32.9. The second kappa shape index (κ2) is 10.9. The van der Waals surface area contributed by atoms with E-state index < -0.39 is 0 Å². The monoisotopic (exact) mass is 613 g/mol. The average molecular weight is 614 g/mol. The van der Waals surface area contributed by atoms with E-state index in [1.54, 1.807) is 35.6 Å². The van der Waals surface area contributed by atoms with Gasteiger partial charge >= 0.3 is 0 Å². The van der Waals surface area contributed by atoms with Gasteiger partial charge in [-0.2, -0.15) is 0 Å². The molecule has 9 aromatic rings. The molecule has 3 heterocycles. The normalized spacial score (nSPS) is 13.3. The van der Waals surface area contributed by atoms with Crippen LogP contribution >= 0.6 is 11.3 Å². The van der Waals surface area contributed by atoms with E-state index in [0.29, 0.717) is 33.9 Å². The van der Waals surface area contributed by atoms with Crippen molar-refractivity contribution < 1.29 is 12.6 Å². The molecule has 0 atom stereocenters. The van der Waals surface area contributed by atoms with Gasteiger partial charge in [-0.1, -0.05) is 121 Å². The summed E-state index contributed by atoms with van der Waals surface area (Å²) in [6.45, 7) is 0. The number of thiophene rings is 1. The van der Waals surface area contributed by atoms with Crippen LogP contribution in [0.15, 0.2) is 155 Å². The maximum Gasteiger partial charge on any atom is 0.164 e. The summed E-state index contributed by atoms with van der Waals surface area (Å²) in [5, 5.41) is 3.71. The molecule has 46 heavy (non-hydrogen) atoms. The quantitative estimate of drug-likeness (QED) is 0.194. The molecule has 6 aromatic carbocycles. The first-order chi connectivity index (χ1) is 25.3. The van der Waals surface area contributed by atoms with Crippen LogP contribution in [0.25, 0.3) is 88.4 Å². The zero-order valence-electron chi connectivity index (χ0n) is 30.1. The Morgan fingerprint density at radius 1 is 0.500 bits per heavy atom. The van der Waals surface area contributed by atoms with Gasteiger partial charge in [-0.15, -0.1) is 11.3 Å². The lowest BCUT2D eigenvalue weighted by molar-refractivity contribution is 0.669. The Balaban J connectivity index is 1.26. The molecule has 0 aliphatic rings. The standard InChI is InChI=1S/C41H25N3OS/c1-3-10-26(11-4-1)31-15-9-16-35-38(31)33-23-22-30(24-36(33)45-35)41-43-39(28-12-5-2-6-13-28)42-40(44-41)29-20-18-27(19-21-29)34-25-46-37-17-8-7-14-32(34)37/h1-25H/i9D,15D,16D,22D,23D,24D. The third-order valence-electron chi connectivity index (χ3n) is 7.96. The lowest BCUT2D eigenvalue weighted by Crippen LogP contribution is -2.00. The van der Waals surface area contributed by atoms with Crippen LogP contribution < -0.4 is 0 Å². The Hall–Kier alpha value is -5.91. The average Bonchev–Trinajstić information content (AvgIpc) is 3.80. The molecule has 0 amide bonds. The third kappa shape index (κ3) is 4.57. The third-order valence-corrected chi connectivity index (χ3v) is 8.92. The molecule has 0 spiro atoms. The van der Waals surface area contributed by atoms with Gasteiger partial charge in [0.1, 0.15) is 11.2 Å². The molecule has 216 valence electrons. The Bertz CT molecular complexity index is 2860. The molecular formula is C41H25N3OS. The first-order valence-electron chi connectivity index (χ1n) is 17.7. The fourth-order valence-electron chi connectivity index (χ4n) is 5.71. The predicted octanol–water partition coefficient (Wildman–Crippen LogP) is 11.3. The fraction of sp³-hybridized carbons (Fsp3) is 0. The summed E-state index contributed by atoms with van der Waals surface area (Å²) >= 11 is 1.70. The molecule has 0 saturated heterocycles. The maximum atomic E-state index is 9.37. The molecular weight excluding hydrogens is 583 g/mol. The zero-order chi connectivity index (χ0) is 35.7. The number of furan rings is 1. The van der Waals surface area contributed by atoms with E-state index in [9.17, 15) is 4.11 Å². The van der Waals surface area contributed by atoms with Crippen molar-refractivity contribution in [3.8, 4) is 56.4 Å². The van der Waals surface area contributed by atoms with Gasteiger partial charge in [0, 0.05) is 43.1 Å². The number of hydrogen-bond donors (Lipinski definition) is 0. The highest BCUT2D eigenvalue weighted by Crippen LogP contribution is 2.39. The molecule has 0 aliphatic heterocycles. The van der Waals surface area contributed by atoms with E-state index in [4.69, 9.17) is 23.5 Å². The SMILES string of the molecule is [2H]c1c([2H])c(-c2ccccc2)c2c(oc3c([2H])c(-c4nc(-c5ccccc5)nc(-c5ccc(-c6csc7ccccc67)cc5)n4)c([2H])c([2H])c32)c1[2H]. The molecule has 0 N–H and O–H groups in total. The fourth-order valence-corrected chi connectivity index (χ4v) is 6.68. The molecule has 5 heteroatoms. The van der Waals surface area contributed by atoms with Crippen LogP contribution in [0.3, 0.4) is 0 Å². The molecule has 9 rings (SSSR count). The first-order valence-corrected chi connectivity index (χ1v) is 15.6. The van der Waals surface area contributed by atoms with Crippen molar-refractivity contribution in [3.05, 3.63) is 151 Å². The topological polar surface area (TPSA) is 51.8 Å². The van der Waals surface area contributed by atoms with Crippen molar-refractivity contribution in [2.75, 3.05) is 0 Å². The summed E-state index contributed by atoms with van der Waals surface area (Å²) < 4.78 is 61.2. The Morgan fingerprint density at radius 3 is 1.87 bits per heavy atom. The molecule has 0 bridgehead atoms. The molecule has 4 nitrogen and oxygen atoms in total. The molecule has 0 radical (unpaired) electrons. The number of rotatable bonds is 5. The molecule has 0 saturated carbocycles. The minimum Gasteiger partial charge on any atom is -0.456 e. The van der Waals surface area contributed by atoms with Gasteiger partial charge in [0.05, 0.1) is 8.22 Å². The van der Waals surface area contributed by atoms with E-state index >= 15 is 0 Å². The van der Waals surface area contributed by atoms with Crippen molar-refractivity contribution >= 4 is 43.4 Å². The Labute approximate surface area is 277 Å². The number of nitrogens with zero attached hydrogens (tertiary/aromatic N) is 3. The van der Waals surface area contributed by atoms with Crippen LogP contribution in [-0.2, 0) is 0 Å². The zero-order valence-corrected chi connectivity index (χ0v) is 24.9. The minimum atomic E-state index is -0.331. The van der Waals surface area contributed by atoms with Gasteiger partial charge < -0.3 is 4.42 Å². The van der Waals surface area contributed by atoms with Gasteiger partial charge in [-0.05, 0) is 46.3 Å². The summed E-state index contributed by atoms with van der Waals surface area (Å²) in [6.07, 6.45) is 0. The van der Waals surface area contributed by atoms with Crippen molar-refractivity contribution in [1.29, 1.82) is 0 Å². The predicted molar refractivity (Wildman–Crippen MR) is 190 cm³/mol.